The third kappa shape index (κ3) is 4.06. The van der Waals surface area contributed by atoms with Crippen molar-refractivity contribution < 1.29 is 32.3 Å². The molecule has 1 atom stereocenters. The van der Waals surface area contributed by atoms with Crippen LogP contribution in [0.2, 0.25) is 0 Å². The van der Waals surface area contributed by atoms with E-state index >= 15 is 0 Å². The smallest absolute Gasteiger partial charge is 0.409 e. The number of hydrogen-bond acceptors (Lipinski definition) is 7. The number of morpholine rings is 1. The van der Waals surface area contributed by atoms with Crippen LogP contribution in [0.3, 0.4) is 0 Å². The zero-order chi connectivity index (χ0) is 22.9. The number of ether oxygens (including phenoxy) is 2. The maximum absolute atomic E-state index is 12.9. The van der Waals surface area contributed by atoms with Gasteiger partial charge in [0.05, 0.1) is 32.1 Å². The Hall–Kier alpha value is -3.38. The minimum Gasteiger partial charge on any atom is -0.453 e. The number of hydrogen-bond donors (Lipinski definition) is 2. The molecule has 32 heavy (non-hydrogen) atoms. The number of rotatable bonds is 4. The van der Waals surface area contributed by atoms with Crippen LogP contribution in [-0.4, -0.2) is 74.7 Å². The first-order valence-electron chi connectivity index (χ1n) is 9.92. The van der Waals surface area contributed by atoms with E-state index in [2.05, 4.69) is 10.6 Å². The summed E-state index contributed by atoms with van der Waals surface area (Å²) < 4.78 is 37.0. The van der Waals surface area contributed by atoms with Crippen molar-refractivity contribution >= 4 is 33.6 Å². The van der Waals surface area contributed by atoms with Crippen LogP contribution in [0.15, 0.2) is 41.4 Å². The monoisotopic (exact) mass is 462 g/mol. The molecule has 0 radical (unpaired) electrons. The average Bonchev–Trinajstić information content (AvgIpc) is 3.27. The summed E-state index contributed by atoms with van der Waals surface area (Å²) >= 11 is 0. The number of nitrogens with zero attached hydrogens (tertiary/aromatic N) is 2. The number of aromatic nitrogens is 1. The van der Waals surface area contributed by atoms with Gasteiger partial charge >= 0.3 is 6.09 Å². The molecule has 1 aromatic heterocycles. The summed E-state index contributed by atoms with van der Waals surface area (Å²) in [5.74, 6) is -1.01. The molecule has 1 aromatic carbocycles. The first-order chi connectivity index (χ1) is 15.3. The molecule has 0 aliphatic carbocycles. The summed E-state index contributed by atoms with van der Waals surface area (Å²) in [6.45, 7) is 1.48. The van der Waals surface area contributed by atoms with Crippen LogP contribution >= 0.6 is 0 Å². The SMILES string of the molecule is COC(=O)N1CCOC(CCNC(=O)c2ccc3c(c2)NC(=O)c2cccn2S3(=O)=O)C1. The van der Waals surface area contributed by atoms with Crippen molar-refractivity contribution in [2.75, 3.05) is 38.7 Å². The second kappa shape index (κ2) is 8.63. The van der Waals surface area contributed by atoms with Gasteiger partial charge in [0.2, 0.25) is 0 Å². The highest BCUT2D eigenvalue weighted by Gasteiger charge is 2.30. The van der Waals surface area contributed by atoms with E-state index in [4.69, 9.17) is 9.47 Å². The van der Waals surface area contributed by atoms with Crippen LogP contribution in [0, 0.1) is 0 Å². The molecule has 2 aliphatic heterocycles. The first kappa shape index (κ1) is 21.8. The second-order valence-corrected chi connectivity index (χ2v) is 9.10. The fourth-order valence-corrected chi connectivity index (χ4v) is 5.15. The van der Waals surface area contributed by atoms with Crippen molar-refractivity contribution in [1.29, 1.82) is 0 Å². The van der Waals surface area contributed by atoms with Gasteiger partial charge in [-0.2, -0.15) is 0 Å². The summed E-state index contributed by atoms with van der Waals surface area (Å²) in [6, 6.07) is 6.90. The lowest BCUT2D eigenvalue weighted by Gasteiger charge is -2.31. The fourth-order valence-electron chi connectivity index (χ4n) is 3.68. The summed E-state index contributed by atoms with van der Waals surface area (Å²) in [5.41, 5.74) is 0.225. The Balaban J connectivity index is 1.42. The summed E-state index contributed by atoms with van der Waals surface area (Å²) in [6.07, 6.45) is 1.12. The zero-order valence-electron chi connectivity index (χ0n) is 17.2. The molecule has 12 heteroatoms. The number of carbonyl (C=O) groups is 3. The Labute approximate surface area is 184 Å². The molecule has 2 N–H and O–H groups in total. The highest BCUT2D eigenvalue weighted by molar-refractivity contribution is 7.90. The van der Waals surface area contributed by atoms with Gasteiger partial charge in [0.25, 0.3) is 21.8 Å². The molecule has 1 fully saturated rings. The number of amides is 3. The van der Waals surface area contributed by atoms with Crippen LogP contribution in [0.4, 0.5) is 10.5 Å². The van der Waals surface area contributed by atoms with Crippen molar-refractivity contribution in [3.8, 4) is 0 Å². The highest BCUT2D eigenvalue weighted by Crippen LogP contribution is 2.29. The Morgan fingerprint density at radius 2 is 2.12 bits per heavy atom. The van der Waals surface area contributed by atoms with E-state index in [0.717, 1.165) is 3.97 Å². The van der Waals surface area contributed by atoms with Gasteiger partial charge in [-0.1, -0.05) is 0 Å². The largest absolute Gasteiger partial charge is 0.453 e. The van der Waals surface area contributed by atoms with Crippen LogP contribution in [0.1, 0.15) is 27.3 Å². The molecular weight excluding hydrogens is 440 g/mol. The van der Waals surface area contributed by atoms with E-state index in [0.29, 0.717) is 26.1 Å². The topological polar surface area (TPSA) is 136 Å². The van der Waals surface area contributed by atoms with Crippen LogP contribution < -0.4 is 10.6 Å². The van der Waals surface area contributed by atoms with Gasteiger partial charge in [-0.15, -0.1) is 0 Å². The van der Waals surface area contributed by atoms with Gasteiger partial charge in [-0.3, -0.25) is 9.59 Å². The van der Waals surface area contributed by atoms with Gasteiger partial charge in [0.1, 0.15) is 10.6 Å². The molecule has 3 amide bonds. The molecule has 2 aromatic rings. The van der Waals surface area contributed by atoms with Crippen molar-refractivity contribution in [1.82, 2.24) is 14.2 Å². The predicted octanol–water partition coefficient (Wildman–Crippen LogP) is 0.878. The van der Waals surface area contributed by atoms with Crippen molar-refractivity contribution in [3.63, 3.8) is 0 Å². The lowest BCUT2D eigenvalue weighted by Crippen LogP contribution is -2.46. The molecule has 3 heterocycles. The second-order valence-electron chi connectivity index (χ2n) is 7.31. The summed E-state index contributed by atoms with van der Waals surface area (Å²) in [4.78, 5) is 38.1. The maximum atomic E-state index is 12.9. The third-order valence-electron chi connectivity index (χ3n) is 5.30. The van der Waals surface area contributed by atoms with E-state index in [-0.39, 0.29) is 34.5 Å². The zero-order valence-corrected chi connectivity index (χ0v) is 18.1. The lowest BCUT2D eigenvalue weighted by atomic mass is 10.1. The van der Waals surface area contributed by atoms with E-state index < -0.39 is 27.9 Å². The van der Waals surface area contributed by atoms with Crippen molar-refractivity contribution in [2.45, 2.75) is 17.4 Å². The molecule has 170 valence electrons. The van der Waals surface area contributed by atoms with E-state index in [1.807, 2.05) is 0 Å². The summed E-state index contributed by atoms with van der Waals surface area (Å²) in [5, 5.41) is 5.31. The van der Waals surface area contributed by atoms with E-state index in [1.54, 1.807) is 4.90 Å². The van der Waals surface area contributed by atoms with Crippen molar-refractivity contribution in [3.05, 3.63) is 47.8 Å². The van der Waals surface area contributed by atoms with Gasteiger partial charge in [0.15, 0.2) is 0 Å². The Kier molecular flexibility index (Phi) is 5.89. The molecular formula is C20H22N4O7S. The number of anilines is 1. The van der Waals surface area contributed by atoms with Crippen LogP contribution in [0.5, 0.6) is 0 Å². The molecule has 4 rings (SSSR count). The summed E-state index contributed by atoms with van der Waals surface area (Å²) in [7, 11) is -2.66. The fraction of sp³-hybridized carbons (Fsp3) is 0.350. The maximum Gasteiger partial charge on any atom is 0.409 e. The molecule has 11 nitrogen and oxygen atoms in total. The standard InChI is InChI=1S/C20H22N4O7S/c1-30-20(27)23-9-10-31-14(12-23)6-7-21-18(25)13-4-5-17-15(11-13)22-19(26)16-3-2-8-24(16)32(17,28)29/h2-5,8,11,14H,6-7,9-10,12H2,1H3,(H,21,25)(H,22,26). The van der Waals surface area contributed by atoms with Crippen LogP contribution in [0.25, 0.3) is 0 Å². The molecule has 0 spiro atoms. The highest BCUT2D eigenvalue weighted by atomic mass is 32.2. The third-order valence-corrected chi connectivity index (χ3v) is 7.04. The van der Waals surface area contributed by atoms with Gasteiger partial charge in [-0.25, -0.2) is 17.2 Å². The Bertz CT molecular complexity index is 1170. The molecule has 2 aliphatic rings. The Morgan fingerprint density at radius 3 is 2.91 bits per heavy atom. The quantitative estimate of drug-likeness (QED) is 0.688. The number of fused-ring (bicyclic) bond motifs is 2. The van der Waals surface area contributed by atoms with E-state index in [9.17, 15) is 22.8 Å². The minimum atomic E-state index is -3.97. The van der Waals surface area contributed by atoms with E-state index in [1.165, 1.54) is 43.6 Å². The minimum absolute atomic E-state index is 0.0133. The first-order valence-corrected chi connectivity index (χ1v) is 11.4. The lowest BCUT2D eigenvalue weighted by molar-refractivity contribution is -0.0272. The Morgan fingerprint density at radius 1 is 1.31 bits per heavy atom. The van der Waals surface area contributed by atoms with Gasteiger partial charge in [0, 0.05) is 24.8 Å². The molecule has 1 unspecified atom stereocenters. The molecule has 0 saturated carbocycles. The molecule has 0 bridgehead atoms. The predicted molar refractivity (Wildman–Crippen MR) is 112 cm³/mol. The number of carbonyl (C=O) groups excluding carboxylic acids is 3. The molecule has 1 saturated heterocycles. The number of nitrogens with one attached hydrogen (secondary N) is 2. The number of methoxy groups -OCH3 is 1. The van der Waals surface area contributed by atoms with Gasteiger partial charge in [-0.05, 0) is 36.8 Å². The number of benzene rings is 1. The normalized spacial score (nSPS) is 19.2. The van der Waals surface area contributed by atoms with Gasteiger partial charge < -0.3 is 25.0 Å². The van der Waals surface area contributed by atoms with Crippen LogP contribution in [-0.2, 0) is 19.5 Å². The van der Waals surface area contributed by atoms with Crippen molar-refractivity contribution in [2.24, 2.45) is 0 Å². The average molecular weight is 462 g/mol.